The topological polar surface area (TPSA) is 51.4 Å². The van der Waals surface area contributed by atoms with Crippen molar-refractivity contribution in [1.29, 1.82) is 0 Å². The third-order valence-electron chi connectivity index (χ3n) is 9.44. The minimum Gasteiger partial charge on any atom is -0.354 e. The third kappa shape index (κ3) is 3.91. The van der Waals surface area contributed by atoms with Gasteiger partial charge in [-0.1, -0.05) is 91.0 Å². The molecule has 5 heteroatoms. The number of pyridine rings is 1. The number of rotatable bonds is 4. The zero-order valence-electron chi connectivity index (χ0n) is 28.7. The number of aromatic amines is 1. The standard InChI is InChI=1S/C43H29N5/c1-27-23-24-44-40(25-27)48-37-19-8-6-14-32(37)33-22-21-28(26-39(33)48)30-15-10-20-38-42(30)46-43(47(38)29-11-3-2-4-12-29)35-17-9-16-34-31-13-5-7-18-36(31)45-41(34)35/h2-26,45H,1H3/i1D3. The smallest absolute Gasteiger partial charge is 0.147 e. The van der Waals surface area contributed by atoms with E-state index in [1.807, 2.05) is 18.2 Å². The number of H-pyrrole nitrogens is 1. The highest BCUT2D eigenvalue weighted by molar-refractivity contribution is 6.13. The molecule has 10 rings (SSSR count). The van der Waals surface area contributed by atoms with Crippen LogP contribution in [0, 0.1) is 6.85 Å². The summed E-state index contributed by atoms with van der Waals surface area (Å²) in [6, 6.07) is 49.4. The van der Waals surface area contributed by atoms with Gasteiger partial charge in [0.2, 0.25) is 0 Å². The molecule has 0 aliphatic heterocycles. The van der Waals surface area contributed by atoms with Crippen molar-refractivity contribution in [3.8, 4) is 34.0 Å². The van der Waals surface area contributed by atoms with Gasteiger partial charge in [-0.15, -0.1) is 0 Å². The van der Waals surface area contributed by atoms with Gasteiger partial charge in [0.05, 0.1) is 27.6 Å². The van der Waals surface area contributed by atoms with Gasteiger partial charge >= 0.3 is 0 Å². The van der Waals surface area contributed by atoms with Gasteiger partial charge in [-0.3, -0.25) is 9.13 Å². The number of hydrogen-bond acceptors (Lipinski definition) is 2. The van der Waals surface area contributed by atoms with Crippen LogP contribution < -0.4 is 0 Å². The van der Waals surface area contributed by atoms with Crippen LogP contribution in [-0.2, 0) is 0 Å². The van der Waals surface area contributed by atoms with E-state index in [-0.39, 0.29) is 5.56 Å². The van der Waals surface area contributed by atoms with Gasteiger partial charge < -0.3 is 4.98 Å². The number of imidazole rings is 1. The molecule has 0 unspecified atom stereocenters. The zero-order valence-corrected chi connectivity index (χ0v) is 25.7. The Hall–Kier alpha value is -6.46. The lowest BCUT2D eigenvalue weighted by Crippen LogP contribution is -1.98. The maximum Gasteiger partial charge on any atom is 0.147 e. The molecule has 1 N–H and O–H groups in total. The number of benzene rings is 6. The molecule has 4 aromatic heterocycles. The number of aromatic nitrogens is 5. The van der Waals surface area contributed by atoms with Crippen LogP contribution in [0.4, 0.5) is 0 Å². The molecule has 48 heavy (non-hydrogen) atoms. The summed E-state index contributed by atoms with van der Waals surface area (Å²) in [7, 11) is 0. The molecule has 0 aliphatic rings. The fourth-order valence-corrected chi connectivity index (χ4v) is 7.34. The first-order chi connectivity index (χ1) is 24.9. The second kappa shape index (κ2) is 10.3. The molecule has 0 bridgehead atoms. The number of aryl methyl sites for hydroxylation is 1. The van der Waals surface area contributed by atoms with Gasteiger partial charge in [-0.05, 0) is 72.6 Å². The van der Waals surface area contributed by atoms with Gasteiger partial charge in [0.1, 0.15) is 11.6 Å². The van der Waals surface area contributed by atoms with E-state index in [0.717, 1.165) is 77.5 Å². The third-order valence-corrected chi connectivity index (χ3v) is 9.44. The van der Waals surface area contributed by atoms with Gasteiger partial charge in [0.25, 0.3) is 0 Å². The molecule has 0 atom stereocenters. The van der Waals surface area contributed by atoms with Crippen molar-refractivity contribution >= 4 is 54.6 Å². The molecule has 0 radical (unpaired) electrons. The molecular formula is C43H29N5. The van der Waals surface area contributed by atoms with Crippen molar-refractivity contribution in [3.63, 3.8) is 0 Å². The zero-order chi connectivity index (χ0) is 34.3. The van der Waals surface area contributed by atoms with Crippen molar-refractivity contribution < 1.29 is 4.11 Å². The van der Waals surface area contributed by atoms with Crippen molar-refractivity contribution in [1.82, 2.24) is 24.1 Å². The molecule has 0 fully saturated rings. The second-order valence-electron chi connectivity index (χ2n) is 12.2. The molecule has 0 saturated heterocycles. The summed E-state index contributed by atoms with van der Waals surface area (Å²) in [5.41, 5.74) is 10.2. The van der Waals surface area contributed by atoms with Crippen molar-refractivity contribution in [2.75, 3.05) is 0 Å². The van der Waals surface area contributed by atoms with Crippen LogP contribution in [0.2, 0.25) is 0 Å². The number of fused-ring (bicyclic) bond motifs is 7. The van der Waals surface area contributed by atoms with Crippen LogP contribution in [0.5, 0.6) is 0 Å². The molecule has 0 spiro atoms. The molecule has 0 amide bonds. The Morgan fingerprint density at radius 2 is 1.33 bits per heavy atom. The van der Waals surface area contributed by atoms with Crippen LogP contribution in [0.25, 0.3) is 88.7 Å². The summed E-state index contributed by atoms with van der Waals surface area (Å²) in [6.45, 7) is -2.25. The van der Waals surface area contributed by atoms with Gasteiger partial charge in [-0.25, -0.2) is 9.97 Å². The predicted molar refractivity (Wildman–Crippen MR) is 198 cm³/mol. The number of para-hydroxylation sites is 5. The summed E-state index contributed by atoms with van der Waals surface area (Å²) in [6.07, 6.45) is 1.58. The van der Waals surface area contributed by atoms with E-state index < -0.39 is 6.85 Å². The van der Waals surface area contributed by atoms with Crippen molar-refractivity contribution in [2.24, 2.45) is 0 Å². The van der Waals surface area contributed by atoms with E-state index in [0.29, 0.717) is 5.82 Å². The van der Waals surface area contributed by atoms with E-state index in [9.17, 15) is 0 Å². The monoisotopic (exact) mass is 618 g/mol. The molecule has 0 aliphatic carbocycles. The lowest BCUT2D eigenvalue weighted by molar-refractivity contribution is 1.07. The number of hydrogen-bond donors (Lipinski definition) is 1. The Labute approximate surface area is 280 Å². The maximum absolute atomic E-state index is 8.05. The first kappa shape index (κ1) is 23.8. The quantitative estimate of drug-likeness (QED) is 0.213. The average Bonchev–Trinajstić information content (AvgIpc) is 3.84. The van der Waals surface area contributed by atoms with E-state index >= 15 is 0 Å². The van der Waals surface area contributed by atoms with Crippen LogP contribution in [0.3, 0.4) is 0 Å². The van der Waals surface area contributed by atoms with Crippen LogP contribution in [0.15, 0.2) is 152 Å². The lowest BCUT2D eigenvalue weighted by Gasteiger charge is -2.11. The van der Waals surface area contributed by atoms with Crippen molar-refractivity contribution in [3.05, 3.63) is 157 Å². The van der Waals surface area contributed by atoms with Gasteiger partial charge in [0, 0.05) is 54.2 Å². The summed E-state index contributed by atoms with van der Waals surface area (Å²) in [4.78, 5) is 13.8. The first-order valence-corrected chi connectivity index (χ1v) is 16.0. The number of nitrogens with zero attached hydrogens (tertiary/aromatic N) is 4. The SMILES string of the molecule is [2H]C([2H])([2H])c1ccnc(-n2c3ccccc3c3ccc(-c4cccc5c4nc(-c4cccc6c4[nH]c4ccccc46)n5-c4ccccc4)cc32)c1. The maximum atomic E-state index is 8.05. The van der Waals surface area contributed by atoms with E-state index in [2.05, 4.69) is 134 Å². The minimum absolute atomic E-state index is 0.253. The Bertz CT molecular complexity index is 2970. The molecule has 4 heterocycles. The lowest BCUT2D eigenvalue weighted by atomic mass is 10.0. The van der Waals surface area contributed by atoms with Gasteiger partial charge in [0.15, 0.2) is 0 Å². The predicted octanol–water partition coefficient (Wildman–Crippen LogP) is 10.8. The largest absolute Gasteiger partial charge is 0.354 e. The Morgan fingerprint density at radius 3 is 2.25 bits per heavy atom. The summed E-state index contributed by atoms with van der Waals surface area (Å²) >= 11 is 0. The Kier molecular flexibility index (Phi) is 5.10. The van der Waals surface area contributed by atoms with Crippen LogP contribution in [0.1, 0.15) is 9.68 Å². The highest BCUT2D eigenvalue weighted by Crippen LogP contribution is 2.40. The molecule has 6 aromatic carbocycles. The first-order valence-electron chi connectivity index (χ1n) is 17.5. The van der Waals surface area contributed by atoms with E-state index in [1.165, 1.54) is 5.39 Å². The van der Waals surface area contributed by atoms with E-state index in [1.54, 1.807) is 18.3 Å². The van der Waals surface area contributed by atoms with Crippen LogP contribution >= 0.6 is 0 Å². The molecule has 10 aromatic rings. The highest BCUT2D eigenvalue weighted by atomic mass is 15.1. The fraction of sp³-hybridized carbons (Fsp3) is 0.0233. The minimum atomic E-state index is -2.25. The van der Waals surface area contributed by atoms with E-state index in [4.69, 9.17) is 9.10 Å². The van der Waals surface area contributed by atoms with Crippen LogP contribution in [-0.4, -0.2) is 24.1 Å². The average molecular weight is 619 g/mol. The molecular weight excluding hydrogens is 587 g/mol. The molecule has 0 saturated carbocycles. The molecule has 226 valence electrons. The summed E-state index contributed by atoms with van der Waals surface area (Å²) < 4.78 is 28.5. The second-order valence-corrected chi connectivity index (χ2v) is 12.2. The number of nitrogens with one attached hydrogen (secondary N) is 1. The van der Waals surface area contributed by atoms with Crippen molar-refractivity contribution in [2.45, 2.75) is 6.85 Å². The summed E-state index contributed by atoms with van der Waals surface area (Å²) in [5, 5.41) is 4.47. The van der Waals surface area contributed by atoms with Gasteiger partial charge in [-0.2, -0.15) is 0 Å². The molecule has 5 nitrogen and oxygen atoms in total. The highest BCUT2D eigenvalue weighted by Gasteiger charge is 2.21. The fourth-order valence-electron chi connectivity index (χ4n) is 7.34. The Morgan fingerprint density at radius 1 is 0.583 bits per heavy atom. The Balaban J connectivity index is 1.24. The summed E-state index contributed by atoms with van der Waals surface area (Å²) in [5.74, 6) is 1.41. The normalized spacial score (nSPS) is 13.0.